The Morgan fingerprint density at radius 3 is 2.15 bits per heavy atom. The average molecular weight is 309 g/mol. The van der Waals surface area contributed by atoms with Crippen molar-refractivity contribution in [1.29, 1.82) is 0 Å². The molecule has 20 heavy (non-hydrogen) atoms. The lowest BCUT2D eigenvalue weighted by atomic mass is 10.2. The highest BCUT2D eigenvalue weighted by molar-refractivity contribution is 7.70. The topological polar surface area (TPSA) is 83.5 Å². The fourth-order valence-electron chi connectivity index (χ4n) is 1.32. The molecule has 0 bridgehead atoms. The smallest absolute Gasteiger partial charge is 0.471 e. The summed E-state index contributed by atoms with van der Waals surface area (Å²) < 4.78 is 48.3. The van der Waals surface area contributed by atoms with E-state index in [-0.39, 0.29) is 16.6 Å². The first-order valence-corrected chi connectivity index (χ1v) is 7.83. The summed E-state index contributed by atoms with van der Waals surface area (Å²) in [7, 11) is -2.89. The van der Waals surface area contributed by atoms with Crippen molar-refractivity contribution in [2.45, 2.75) is 6.18 Å². The second-order valence-corrected chi connectivity index (χ2v) is 7.59. The third-order valence-electron chi connectivity index (χ3n) is 2.30. The number of hydrogen-bond donors (Lipinski definition) is 2. The van der Waals surface area contributed by atoms with Crippen LogP contribution in [0.4, 0.5) is 18.9 Å². The molecule has 1 aromatic carbocycles. The number of carboxylic acid groups (broad SMARTS) is 1. The Morgan fingerprint density at radius 1 is 1.20 bits per heavy atom. The minimum absolute atomic E-state index is 0.0647. The summed E-state index contributed by atoms with van der Waals surface area (Å²) in [6.07, 6.45) is -5.10. The van der Waals surface area contributed by atoms with Gasteiger partial charge < -0.3 is 15.0 Å². The maximum absolute atomic E-state index is 12.1. The molecule has 0 heterocycles. The first-order chi connectivity index (χ1) is 8.91. The van der Waals surface area contributed by atoms with Gasteiger partial charge >= 0.3 is 18.1 Å². The van der Waals surface area contributed by atoms with Gasteiger partial charge in [0.05, 0.1) is 5.56 Å². The van der Waals surface area contributed by atoms with Crippen molar-refractivity contribution in [1.82, 2.24) is 0 Å². The van der Waals surface area contributed by atoms with Crippen LogP contribution in [0.5, 0.6) is 0 Å². The fraction of sp³-hybridized carbons (Fsp3) is 0.273. The molecule has 1 aromatic rings. The van der Waals surface area contributed by atoms with Gasteiger partial charge in [0, 0.05) is 11.0 Å². The van der Waals surface area contributed by atoms with E-state index in [0.29, 0.717) is 0 Å². The lowest BCUT2D eigenvalue weighted by molar-refractivity contribution is -0.167. The van der Waals surface area contributed by atoms with Crippen molar-refractivity contribution in [3.63, 3.8) is 0 Å². The molecular weight excluding hydrogens is 298 g/mol. The standard InChI is InChI=1S/C11H11F3NO4P/c1-20(2,19)8-4-6(9(16)17)3-7(5-8)15-10(18)11(12,13)14/h3-5H,1-2H3,(H,15,18)(H,16,17). The Labute approximate surface area is 112 Å². The maximum Gasteiger partial charge on any atom is 0.471 e. The van der Waals surface area contributed by atoms with Gasteiger partial charge in [-0.05, 0) is 31.5 Å². The molecule has 9 heteroatoms. The van der Waals surface area contributed by atoms with Gasteiger partial charge in [-0.25, -0.2) is 4.79 Å². The number of rotatable bonds is 3. The van der Waals surface area contributed by atoms with E-state index < -0.39 is 25.2 Å². The van der Waals surface area contributed by atoms with Crippen LogP contribution in [0.2, 0.25) is 0 Å². The van der Waals surface area contributed by atoms with Gasteiger partial charge in [-0.3, -0.25) is 4.79 Å². The van der Waals surface area contributed by atoms with Gasteiger partial charge in [0.2, 0.25) is 0 Å². The van der Waals surface area contributed by atoms with Gasteiger partial charge in [-0.2, -0.15) is 13.2 Å². The molecule has 0 unspecified atom stereocenters. The van der Waals surface area contributed by atoms with E-state index in [4.69, 9.17) is 5.11 Å². The lowest BCUT2D eigenvalue weighted by Crippen LogP contribution is -2.30. The van der Waals surface area contributed by atoms with E-state index in [9.17, 15) is 27.3 Å². The Bertz CT molecular complexity index is 606. The van der Waals surface area contributed by atoms with Gasteiger partial charge in [0.15, 0.2) is 0 Å². The number of carboxylic acids is 1. The largest absolute Gasteiger partial charge is 0.478 e. The number of carbonyl (C=O) groups excluding carboxylic acids is 1. The predicted octanol–water partition coefficient (Wildman–Crippen LogP) is 2.13. The molecule has 0 spiro atoms. The van der Waals surface area contributed by atoms with E-state index in [1.807, 2.05) is 0 Å². The zero-order chi connectivity index (χ0) is 15.7. The highest BCUT2D eigenvalue weighted by Crippen LogP contribution is 2.36. The number of anilines is 1. The van der Waals surface area contributed by atoms with Crippen molar-refractivity contribution in [3.8, 4) is 0 Å². The molecule has 0 aliphatic carbocycles. The number of halogens is 3. The minimum Gasteiger partial charge on any atom is -0.478 e. The van der Waals surface area contributed by atoms with Crippen molar-refractivity contribution < 1.29 is 32.4 Å². The van der Waals surface area contributed by atoms with E-state index in [2.05, 4.69) is 0 Å². The maximum atomic E-state index is 12.1. The summed E-state index contributed by atoms with van der Waals surface area (Å²) in [5.74, 6) is -3.63. The number of benzene rings is 1. The molecule has 1 amide bonds. The van der Waals surface area contributed by atoms with E-state index in [1.54, 1.807) is 5.32 Å². The molecule has 110 valence electrons. The Balaban J connectivity index is 3.27. The number of aromatic carboxylic acids is 1. The van der Waals surface area contributed by atoms with Crippen LogP contribution in [-0.2, 0) is 9.36 Å². The molecule has 0 aliphatic heterocycles. The zero-order valence-corrected chi connectivity index (χ0v) is 11.4. The van der Waals surface area contributed by atoms with E-state index >= 15 is 0 Å². The summed E-state index contributed by atoms with van der Waals surface area (Å²) in [5.41, 5.74) is -0.727. The summed E-state index contributed by atoms with van der Waals surface area (Å²) in [6.45, 7) is 2.67. The molecule has 0 atom stereocenters. The highest BCUT2D eigenvalue weighted by atomic mass is 31.2. The Hall–Kier alpha value is -1.82. The monoisotopic (exact) mass is 309 g/mol. The van der Waals surface area contributed by atoms with E-state index in [0.717, 1.165) is 18.2 Å². The molecule has 0 fully saturated rings. The lowest BCUT2D eigenvalue weighted by Gasteiger charge is -2.13. The summed E-state index contributed by atoms with van der Waals surface area (Å²) in [4.78, 5) is 21.7. The third-order valence-corrected chi connectivity index (χ3v) is 3.80. The van der Waals surface area contributed by atoms with E-state index in [1.165, 1.54) is 13.3 Å². The van der Waals surface area contributed by atoms with Crippen LogP contribution in [0.25, 0.3) is 0 Å². The van der Waals surface area contributed by atoms with Crippen LogP contribution in [0.1, 0.15) is 10.4 Å². The number of nitrogens with one attached hydrogen (secondary N) is 1. The van der Waals surface area contributed by atoms with Crippen LogP contribution in [0.3, 0.4) is 0 Å². The number of alkyl halides is 3. The van der Waals surface area contributed by atoms with Crippen molar-refractivity contribution in [2.75, 3.05) is 18.6 Å². The first kappa shape index (κ1) is 16.2. The second kappa shape index (κ2) is 5.28. The van der Waals surface area contributed by atoms with Gasteiger partial charge in [-0.1, -0.05) is 0 Å². The van der Waals surface area contributed by atoms with Crippen LogP contribution in [0.15, 0.2) is 18.2 Å². The van der Waals surface area contributed by atoms with Gasteiger partial charge in [0.1, 0.15) is 7.14 Å². The number of carbonyl (C=O) groups is 2. The van der Waals surface area contributed by atoms with Crippen LogP contribution in [-0.4, -0.2) is 36.5 Å². The second-order valence-electron chi connectivity index (χ2n) is 4.38. The molecule has 0 aliphatic rings. The number of hydrogen-bond acceptors (Lipinski definition) is 3. The van der Waals surface area contributed by atoms with Gasteiger partial charge in [-0.15, -0.1) is 0 Å². The molecule has 0 saturated carbocycles. The molecule has 0 saturated heterocycles. The summed E-state index contributed by atoms with van der Waals surface area (Å²) in [6, 6.07) is 3.04. The van der Waals surface area contributed by atoms with Crippen LogP contribution < -0.4 is 10.6 Å². The third kappa shape index (κ3) is 4.09. The minimum atomic E-state index is -5.10. The normalized spacial score (nSPS) is 12.1. The van der Waals surface area contributed by atoms with Crippen molar-refractivity contribution in [3.05, 3.63) is 23.8 Å². The molecule has 0 aromatic heterocycles. The average Bonchev–Trinajstić information content (AvgIpc) is 2.25. The van der Waals surface area contributed by atoms with Crippen LogP contribution in [0, 0.1) is 0 Å². The molecule has 1 rings (SSSR count). The fourth-order valence-corrected chi connectivity index (χ4v) is 2.22. The van der Waals surface area contributed by atoms with Crippen molar-refractivity contribution >= 4 is 30.0 Å². The summed E-state index contributed by atoms with van der Waals surface area (Å²) >= 11 is 0. The SMILES string of the molecule is CP(C)(=O)c1cc(NC(=O)C(F)(F)F)cc(C(=O)O)c1. The molecule has 2 N–H and O–H groups in total. The Kier molecular flexibility index (Phi) is 4.29. The quantitative estimate of drug-likeness (QED) is 0.838. The predicted molar refractivity (Wildman–Crippen MR) is 67.2 cm³/mol. The van der Waals surface area contributed by atoms with Crippen molar-refractivity contribution in [2.24, 2.45) is 0 Å². The highest BCUT2D eigenvalue weighted by Gasteiger charge is 2.38. The molecule has 0 radical (unpaired) electrons. The van der Waals surface area contributed by atoms with Crippen LogP contribution >= 0.6 is 7.14 Å². The Morgan fingerprint density at radius 2 is 1.75 bits per heavy atom. The van der Waals surface area contributed by atoms with Gasteiger partial charge in [0.25, 0.3) is 0 Å². The number of amides is 1. The first-order valence-electron chi connectivity index (χ1n) is 5.23. The molecule has 5 nitrogen and oxygen atoms in total. The molecular formula is C11H11F3NO4P. The zero-order valence-electron chi connectivity index (χ0n) is 10.5. The summed E-state index contributed by atoms with van der Waals surface area (Å²) in [5, 5.41) is 10.5.